The first-order valence-electron chi connectivity index (χ1n) is 5.94. The van der Waals surface area contributed by atoms with Crippen LogP contribution in [0.4, 0.5) is 0 Å². The van der Waals surface area contributed by atoms with Crippen molar-refractivity contribution >= 4 is 10.0 Å². The summed E-state index contributed by atoms with van der Waals surface area (Å²) in [5, 5.41) is -0.0681. The Bertz CT molecular complexity index is 544. The Labute approximate surface area is 108 Å². The average molecular weight is 272 g/mol. The first-order valence-corrected chi connectivity index (χ1v) is 7.42. The van der Waals surface area contributed by atoms with E-state index < -0.39 is 10.0 Å². The van der Waals surface area contributed by atoms with Crippen LogP contribution in [0.2, 0.25) is 0 Å². The van der Waals surface area contributed by atoms with E-state index >= 15 is 0 Å². The molecule has 1 aliphatic carbocycles. The molecule has 0 spiro atoms. The van der Waals surface area contributed by atoms with E-state index in [2.05, 4.69) is 4.72 Å². The molecule has 6 heteroatoms. The summed E-state index contributed by atoms with van der Waals surface area (Å²) >= 11 is 0. The molecule has 0 radical (unpaired) electrons. The van der Waals surface area contributed by atoms with Crippen LogP contribution in [-0.2, 0) is 16.6 Å². The van der Waals surface area contributed by atoms with Gasteiger partial charge in [-0.05, 0) is 23.0 Å². The van der Waals surface area contributed by atoms with Gasteiger partial charge in [-0.2, -0.15) is 0 Å². The van der Waals surface area contributed by atoms with Crippen molar-refractivity contribution in [2.75, 3.05) is 0 Å². The maximum absolute atomic E-state index is 12.1. The molecule has 1 fully saturated rings. The second-order valence-corrected chi connectivity index (χ2v) is 7.57. The predicted molar refractivity (Wildman–Crippen MR) is 68.3 cm³/mol. The van der Waals surface area contributed by atoms with Gasteiger partial charge in [0.25, 0.3) is 10.0 Å². The van der Waals surface area contributed by atoms with Crippen LogP contribution in [0.15, 0.2) is 21.6 Å². The third-order valence-corrected chi connectivity index (χ3v) is 5.69. The first kappa shape index (κ1) is 13.6. The molecule has 0 unspecified atom stereocenters. The molecule has 18 heavy (non-hydrogen) atoms. The number of hydrogen-bond donors (Lipinski definition) is 2. The van der Waals surface area contributed by atoms with E-state index in [0.29, 0.717) is 5.76 Å². The van der Waals surface area contributed by atoms with E-state index in [1.54, 1.807) is 6.07 Å². The zero-order chi connectivity index (χ0) is 13.8. The molecule has 0 aromatic carbocycles. The highest BCUT2D eigenvalue weighted by atomic mass is 32.2. The molecule has 0 aliphatic heterocycles. The summed E-state index contributed by atoms with van der Waals surface area (Å²) < 4.78 is 32.2. The number of nitrogens with two attached hydrogens (primary N) is 1. The molecule has 1 aliphatic rings. The number of rotatable bonds is 4. The van der Waals surface area contributed by atoms with Gasteiger partial charge in [-0.1, -0.05) is 27.7 Å². The number of hydrogen-bond acceptors (Lipinski definition) is 4. The van der Waals surface area contributed by atoms with Crippen LogP contribution in [0.25, 0.3) is 0 Å². The highest BCUT2D eigenvalue weighted by molar-refractivity contribution is 7.89. The lowest BCUT2D eigenvalue weighted by Crippen LogP contribution is -2.29. The molecule has 1 saturated carbocycles. The van der Waals surface area contributed by atoms with Crippen molar-refractivity contribution in [3.05, 3.63) is 17.9 Å². The van der Waals surface area contributed by atoms with E-state index in [1.807, 2.05) is 27.7 Å². The SMILES string of the molecule is CC1(C)C(NS(=O)(=O)c2ccc(CN)o2)C1(C)C. The summed E-state index contributed by atoms with van der Waals surface area (Å²) in [7, 11) is -3.60. The number of sulfonamides is 1. The summed E-state index contributed by atoms with van der Waals surface area (Å²) in [4.78, 5) is 0. The van der Waals surface area contributed by atoms with Crippen molar-refractivity contribution in [3.8, 4) is 0 Å². The minimum Gasteiger partial charge on any atom is -0.447 e. The largest absolute Gasteiger partial charge is 0.447 e. The quantitative estimate of drug-likeness (QED) is 0.868. The van der Waals surface area contributed by atoms with Gasteiger partial charge in [-0.15, -0.1) is 0 Å². The minimum absolute atomic E-state index is 0.0522. The molecule has 0 amide bonds. The normalized spacial score (nSPS) is 22.1. The Kier molecular flexibility index (Phi) is 2.88. The van der Waals surface area contributed by atoms with Crippen LogP contribution in [-0.4, -0.2) is 14.5 Å². The van der Waals surface area contributed by atoms with Crippen molar-refractivity contribution in [2.24, 2.45) is 16.6 Å². The van der Waals surface area contributed by atoms with Gasteiger partial charge in [0.05, 0.1) is 6.54 Å². The molecular weight excluding hydrogens is 252 g/mol. The Morgan fingerprint density at radius 1 is 1.28 bits per heavy atom. The molecule has 0 atom stereocenters. The third kappa shape index (κ3) is 1.88. The molecule has 1 aromatic rings. The van der Waals surface area contributed by atoms with Crippen molar-refractivity contribution in [2.45, 2.75) is 45.4 Å². The predicted octanol–water partition coefficient (Wildman–Crippen LogP) is 1.45. The fourth-order valence-electron chi connectivity index (χ4n) is 2.32. The summed E-state index contributed by atoms with van der Waals surface area (Å²) in [6, 6.07) is 2.94. The molecular formula is C12H20N2O3S. The van der Waals surface area contributed by atoms with Crippen LogP contribution in [0.1, 0.15) is 33.5 Å². The lowest BCUT2D eigenvalue weighted by molar-refractivity contribution is 0.411. The highest BCUT2D eigenvalue weighted by Gasteiger charge is 2.66. The van der Waals surface area contributed by atoms with Crippen LogP contribution in [0, 0.1) is 10.8 Å². The third-order valence-electron chi connectivity index (χ3n) is 4.40. The standard InChI is InChI=1S/C12H20N2O3S/c1-11(2)10(12(11,3)4)14-18(15,16)9-6-5-8(7-13)17-9/h5-6,10,14H,7,13H2,1-4H3. The Morgan fingerprint density at radius 3 is 2.22 bits per heavy atom. The zero-order valence-electron chi connectivity index (χ0n) is 11.1. The van der Waals surface area contributed by atoms with Crippen molar-refractivity contribution in [1.29, 1.82) is 0 Å². The van der Waals surface area contributed by atoms with E-state index in [9.17, 15) is 8.42 Å². The molecule has 2 rings (SSSR count). The molecule has 102 valence electrons. The Hall–Kier alpha value is -0.850. The lowest BCUT2D eigenvalue weighted by atomic mass is 10.0. The van der Waals surface area contributed by atoms with Gasteiger partial charge < -0.3 is 10.2 Å². The van der Waals surface area contributed by atoms with Crippen molar-refractivity contribution < 1.29 is 12.8 Å². The monoisotopic (exact) mass is 272 g/mol. The Morgan fingerprint density at radius 2 is 1.83 bits per heavy atom. The molecule has 0 bridgehead atoms. The van der Waals surface area contributed by atoms with Crippen molar-refractivity contribution in [1.82, 2.24) is 4.72 Å². The van der Waals surface area contributed by atoms with E-state index in [1.165, 1.54) is 6.07 Å². The zero-order valence-corrected chi connectivity index (χ0v) is 12.0. The maximum Gasteiger partial charge on any atom is 0.274 e. The fraction of sp³-hybridized carbons (Fsp3) is 0.667. The van der Waals surface area contributed by atoms with Crippen LogP contribution in [0.5, 0.6) is 0 Å². The van der Waals surface area contributed by atoms with Gasteiger partial charge in [0.1, 0.15) is 5.76 Å². The van der Waals surface area contributed by atoms with Gasteiger partial charge in [0, 0.05) is 6.04 Å². The van der Waals surface area contributed by atoms with Crippen LogP contribution >= 0.6 is 0 Å². The fourth-order valence-corrected chi connectivity index (χ4v) is 3.80. The summed E-state index contributed by atoms with van der Waals surface area (Å²) in [6.45, 7) is 8.39. The smallest absolute Gasteiger partial charge is 0.274 e. The molecule has 5 nitrogen and oxygen atoms in total. The second-order valence-electron chi connectivity index (χ2n) is 5.92. The van der Waals surface area contributed by atoms with Gasteiger partial charge in [0.15, 0.2) is 0 Å². The first-order chi connectivity index (χ1) is 8.13. The van der Waals surface area contributed by atoms with Crippen LogP contribution < -0.4 is 10.5 Å². The van der Waals surface area contributed by atoms with E-state index in [4.69, 9.17) is 10.2 Å². The molecule has 1 heterocycles. The minimum atomic E-state index is -3.60. The summed E-state index contributed by atoms with van der Waals surface area (Å²) in [5.41, 5.74) is 5.29. The van der Waals surface area contributed by atoms with Crippen molar-refractivity contribution in [3.63, 3.8) is 0 Å². The van der Waals surface area contributed by atoms with Gasteiger partial charge in [-0.25, -0.2) is 13.1 Å². The summed E-state index contributed by atoms with van der Waals surface area (Å²) in [5.74, 6) is 0.463. The Balaban J connectivity index is 2.19. The average Bonchev–Trinajstić information content (AvgIpc) is 2.68. The second kappa shape index (κ2) is 3.82. The topological polar surface area (TPSA) is 85.3 Å². The number of furan rings is 1. The molecule has 0 saturated heterocycles. The lowest BCUT2D eigenvalue weighted by Gasteiger charge is -2.05. The molecule has 1 aromatic heterocycles. The maximum atomic E-state index is 12.1. The van der Waals surface area contributed by atoms with Crippen LogP contribution in [0.3, 0.4) is 0 Å². The highest BCUT2D eigenvalue weighted by Crippen LogP contribution is 2.62. The van der Waals surface area contributed by atoms with Gasteiger partial charge in [0.2, 0.25) is 5.09 Å². The number of nitrogens with one attached hydrogen (secondary N) is 1. The van der Waals surface area contributed by atoms with E-state index in [-0.39, 0.29) is 28.5 Å². The summed E-state index contributed by atoms with van der Waals surface area (Å²) in [6.07, 6.45) is 0. The molecule has 3 N–H and O–H groups in total. The van der Waals surface area contributed by atoms with E-state index in [0.717, 1.165) is 0 Å². The van der Waals surface area contributed by atoms with Gasteiger partial charge in [-0.3, -0.25) is 0 Å². The van der Waals surface area contributed by atoms with Gasteiger partial charge >= 0.3 is 0 Å².